The van der Waals surface area contributed by atoms with Crippen molar-refractivity contribution in [1.29, 1.82) is 0 Å². The monoisotopic (exact) mass is 327 g/mol. The zero-order valence-electron chi connectivity index (χ0n) is 13.2. The van der Waals surface area contributed by atoms with E-state index >= 15 is 0 Å². The minimum atomic E-state index is -0.183. The fourth-order valence-electron chi connectivity index (χ4n) is 2.09. The van der Waals surface area contributed by atoms with Crippen molar-refractivity contribution in [2.45, 2.75) is 45.4 Å². The van der Waals surface area contributed by atoms with Gasteiger partial charge >= 0.3 is 5.97 Å². The minimum absolute atomic E-state index is 0. The Hall–Kier alpha value is -1.39. The summed E-state index contributed by atoms with van der Waals surface area (Å²) in [6.07, 6.45) is 4.45. The van der Waals surface area contributed by atoms with Crippen LogP contribution in [0.15, 0.2) is 24.3 Å². The van der Waals surface area contributed by atoms with E-state index in [4.69, 9.17) is 10.5 Å². The predicted molar refractivity (Wildman–Crippen MR) is 90.5 cm³/mol. The molecule has 0 heterocycles. The Labute approximate surface area is 138 Å². The number of aryl methyl sites for hydroxylation is 1. The molecule has 0 saturated carbocycles. The number of nitrogens with two attached hydrogens (primary N) is 1. The van der Waals surface area contributed by atoms with Crippen molar-refractivity contribution in [2.24, 2.45) is 5.73 Å². The van der Waals surface area contributed by atoms with Crippen LogP contribution in [0, 0.1) is 0 Å². The van der Waals surface area contributed by atoms with Crippen molar-refractivity contribution >= 4 is 24.2 Å². The van der Waals surface area contributed by atoms with E-state index in [0.29, 0.717) is 32.4 Å². The summed E-state index contributed by atoms with van der Waals surface area (Å²) in [5, 5.41) is 0. The molecule has 0 amide bonds. The summed E-state index contributed by atoms with van der Waals surface area (Å²) in [5.41, 5.74) is 7.21. The Bertz CT molecular complexity index is 446. The van der Waals surface area contributed by atoms with E-state index in [0.717, 1.165) is 30.4 Å². The van der Waals surface area contributed by atoms with Crippen LogP contribution in [-0.4, -0.2) is 24.9 Å². The molecule has 5 heteroatoms. The molecule has 0 saturated heterocycles. The number of hydrogen-bond donors (Lipinski definition) is 1. The third kappa shape index (κ3) is 8.15. The molecule has 0 aliphatic heterocycles. The van der Waals surface area contributed by atoms with Crippen molar-refractivity contribution < 1.29 is 14.3 Å². The normalized spacial score (nSPS) is 9.91. The minimum Gasteiger partial charge on any atom is -0.466 e. The number of carbonyl (C=O) groups is 2. The molecule has 124 valence electrons. The lowest BCUT2D eigenvalue weighted by Gasteiger charge is -2.04. The summed E-state index contributed by atoms with van der Waals surface area (Å²) in [6.45, 7) is 2.89. The van der Waals surface area contributed by atoms with E-state index in [2.05, 4.69) is 0 Å². The standard InChI is InChI=1S/C17H25NO3.ClH/c1-2-21-17(20)12-9-14-7-10-15(11-8-14)16(19)6-4-3-5-13-18;/h7-8,10-11H,2-6,9,12-13,18H2,1H3;1H. The van der Waals surface area contributed by atoms with Crippen molar-refractivity contribution in [3.05, 3.63) is 35.4 Å². The molecule has 2 N–H and O–H groups in total. The van der Waals surface area contributed by atoms with Crippen molar-refractivity contribution in [3.8, 4) is 0 Å². The van der Waals surface area contributed by atoms with E-state index in [1.165, 1.54) is 0 Å². The first kappa shape index (κ1) is 20.6. The molecule has 22 heavy (non-hydrogen) atoms. The number of hydrogen-bond acceptors (Lipinski definition) is 4. The van der Waals surface area contributed by atoms with Crippen LogP contribution in [0.3, 0.4) is 0 Å². The molecule has 0 spiro atoms. The summed E-state index contributed by atoms with van der Waals surface area (Å²) < 4.78 is 4.89. The molecule has 1 aromatic carbocycles. The fraction of sp³-hybridized carbons (Fsp3) is 0.529. The fourth-order valence-corrected chi connectivity index (χ4v) is 2.09. The van der Waals surface area contributed by atoms with Crippen molar-refractivity contribution in [2.75, 3.05) is 13.2 Å². The molecule has 0 atom stereocenters. The van der Waals surface area contributed by atoms with Gasteiger partial charge in [0.15, 0.2) is 5.78 Å². The van der Waals surface area contributed by atoms with Gasteiger partial charge in [-0.2, -0.15) is 0 Å². The summed E-state index contributed by atoms with van der Waals surface area (Å²) in [7, 11) is 0. The maximum absolute atomic E-state index is 12.0. The quantitative estimate of drug-likeness (QED) is 0.406. The Morgan fingerprint density at radius 3 is 2.32 bits per heavy atom. The number of unbranched alkanes of at least 4 members (excludes halogenated alkanes) is 2. The number of benzene rings is 1. The smallest absolute Gasteiger partial charge is 0.306 e. The molecule has 0 radical (unpaired) electrons. The second-order valence-corrected chi connectivity index (χ2v) is 5.02. The zero-order valence-corrected chi connectivity index (χ0v) is 14.0. The van der Waals surface area contributed by atoms with E-state index < -0.39 is 0 Å². The number of halogens is 1. The van der Waals surface area contributed by atoms with E-state index in [9.17, 15) is 9.59 Å². The summed E-state index contributed by atoms with van der Waals surface area (Å²) >= 11 is 0. The van der Waals surface area contributed by atoms with Crippen LogP contribution in [0.1, 0.15) is 54.9 Å². The average molecular weight is 328 g/mol. The summed E-state index contributed by atoms with van der Waals surface area (Å²) in [6, 6.07) is 7.50. The molecular weight excluding hydrogens is 302 g/mol. The second kappa shape index (κ2) is 12.2. The molecule has 0 bridgehead atoms. The first-order valence-corrected chi connectivity index (χ1v) is 7.65. The van der Waals surface area contributed by atoms with Crippen LogP contribution in [0.4, 0.5) is 0 Å². The number of esters is 1. The molecule has 0 fully saturated rings. The largest absolute Gasteiger partial charge is 0.466 e. The molecule has 0 unspecified atom stereocenters. The van der Waals surface area contributed by atoms with Crippen LogP contribution < -0.4 is 5.73 Å². The Morgan fingerprint density at radius 1 is 1.05 bits per heavy atom. The molecule has 1 rings (SSSR count). The highest BCUT2D eigenvalue weighted by Crippen LogP contribution is 2.11. The molecule has 1 aromatic rings. The predicted octanol–water partition coefficient (Wildman–Crippen LogP) is 3.31. The van der Waals surface area contributed by atoms with Gasteiger partial charge in [-0.25, -0.2) is 0 Å². The van der Waals surface area contributed by atoms with Gasteiger partial charge in [-0.3, -0.25) is 9.59 Å². The highest BCUT2D eigenvalue weighted by Gasteiger charge is 2.06. The van der Waals surface area contributed by atoms with Gasteiger partial charge in [0.1, 0.15) is 0 Å². The van der Waals surface area contributed by atoms with E-state index in [1.54, 1.807) is 6.92 Å². The number of ketones is 1. The van der Waals surface area contributed by atoms with Gasteiger partial charge in [0.05, 0.1) is 6.61 Å². The highest BCUT2D eigenvalue weighted by atomic mass is 35.5. The third-order valence-corrected chi connectivity index (χ3v) is 3.31. The lowest BCUT2D eigenvalue weighted by Crippen LogP contribution is -2.05. The average Bonchev–Trinajstić information content (AvgIpc) is 2.50. The van der Waals surface area contributed by atoms with Gasteiger partial charge in [-0.1, -0.05) is 30.7 Å². The maximum atomic E-state index is 12.0. The zero-order chi connectivity index (χ0) is 15.5. The van der Waals surface area contributed by atoms with Crippen LogP contribution >= 0.6 is 12.4 Å². The topological polar surface area (TPSA) is 69.4 Å². The van der Waals surface area contributed by atoms with Gasteiger partial charge in [0.25, 0.3) is 0 Å². The Balaban J connectivity index is 0.00000441. The maximum Gasteiger partial charge on any atom is 0.306 e. The van der Waals surface area contributed by atoms with E-state index in [1.807, 2.05) is 24.3 Å². The first-order valence-electron chi connectivity index (χ1n) is 7.65. The summed E-state index contributed by atoms with van der Waals surface area (Å²) in [4.78, 5) is 23.2. The van der Waals surface area contributed by atoms with Crippen molar-refractivity contribution in [3.63, 3.8) is 0 Å². The number of rotatable bonds is 10. The van der Waals surface area contributed by atoms with Crippen molar-refractivity contribution in [1.82, 2.24) is 0 Å². The first-order chi connectivity index (χ1) is 10.2. The number of Topliss-reactive ketones (excluding diaryl/α,β-unsaturated/α-hetero) is 1. The van der Waals surface area contributed by atoms with Gasteiger partial charge in [0, 0.05) is 18.4 Å². The van der Waals surface area contributed by atoms with Crippen LogP contribution in [-0.2, 0) is 16.0 Å². The Kier molecular flexibility index (Phi) is 11.4. The molecule has 4 nitrogen and oxygen atoms in total. The van der Waals surface area contributed by atoms with Gasteiger partial charge in [0.2, 0.25) is 0 Å². The third-order valence-electron chi connectivity index (χ3n) is 3.31. The lowest BCUT2D eigenvalue weighted by atomic mass is 10.0. The molecule has 0 aromatic heterocycles. The van der Waals surface area contributed by atoms with Gasteiger partial charge in [-0.15, -0.1) is 12.4 Å². The van der Waals surface area contributed by atoms with Gasteiger partial charge in [-0.05, 0) is 38.3 Å². The second-order valence-electron chi connectivity index (χ2n) is 5.02. The number of carbonyl (C=O) groups excluding carboxylic acids is 2. The van der Waals surface area contributed by atoms with Gasteiger partial charge < -0.3 is 10.5 Å². The summed E-state index contributed by atoms with van der Waals surface area (Å²) in [5.74, 6) is -0.0125. The molecular formula is C17H26ClNO3. The van der Waals surface area contributed by atoms with Crippen LogP contribution in [0.5, 0.6) is 0 Å². The SMILES string of the molecule is CCOC(=O)CCc1ccc(C(=O)CCCCCN)cc1.Cl. The highest BCUT2D eigenvalue weighted by molar-refractivity contribution is 5.96. The van der Waals surface area contributed by atoms with E-state index in [-0.39, 0.29) is 24.2 Å². The van der Waals surface area contributed by atoms with Crippen LogP contribution in [0.2, 0.25) is 0 Å². The van der Waals surface area contributed by atoms with Crippen LogP contribution in [0.25, 0.3) is 0 Å². The molecule has 0 aliphatic carbocycles. The Morgan fingerprint density at radius 2 is 1.73 bits per heavy atom. The number of ether oxygens (including phenoxy) is 1. The molecule has 0 aliphatic rings. The lowest BCUT2D eigenvalue weighted by molar-refractivity contribution is -0.143.